The molecule has 0 nitrogen and oxygen atoms in total. The van der Waals surface area contributed by atoms with E-state index in [1.165, 1.54) is 30.4 Å². The molecule has 0 aliphatic carbocycles. The number of allylic oxidation sites excluding steroid dienone is 9. The van der Waals surface area contributed by atoms with Gasteiger partial charge < -0.3 is 102 Å². The van der Waals surface area contributed by atoms with Crippen molar-refractivity contribution in [1.29, 1.82) is 0 Å². The van der Waals surface area contributed by atoms with Gasteiger partial charge in [-0.3, -0.25) is 0 Å². The SMILES string of the molecule is [CH-]=CC=[C-]C[C-]=CC=[CH-].[CH-]=CC=[CH-].[CH-]=C[CH2-].[CH3-].[W].[W].[Y+3].[Y].[Y].[Y].[Y].[Y].[Y].[Y].[Y].[Y].[Y].[Y].[Y]. The maximum atomic E-state index is 5.03. The summed E-state index contributed by atoms with van der Waals surface area (Å²) < 4.78 is 0. The largest absolute Gasteiger partial charge is 3.00 e. The van der Waals surface area contributed by atoms with Crippen LogP contribution < -0.4 is 0 Å². The zero-order chi connectivity index (χ0) is 13.1. The fourth-order valence-electron chi connectivity index (χ4n) is 0.313. The van der Waals surface area contributed by atoms with E-state index < -0.39 is 0 Å². The molecule has 0 fully saturated rings. The third-order valence-corrected chi connectivity index (χ3v) is 0.743. The Morgan fingerprint density at radius 1 is 0.500 bits per heavy atom. The second-order valence-corrected chi connectivity index (χ2v) is 1.92. The van der Waals surface area contributed by atoms with Crippen molar-refractivity contribution in [3.05, 3.63) is 102 Å². The van der Waals surface area contributed by atoms with Crippen molar-refractivity contribution < 1.29 is 467 Å². The first kappa shape index (κ1) is 128. The van der Waals surface area contributed by atoms with E-state index in [1.807, 2.05) is 0 Å². The molecule has 0 saturated carbocycles. The Kier molecular flexibility index (Phi) is 607. The molecule has 0 N–H and O–H groups in total. The first-order valence-electron chi connectivity index (χ1n) is 4.36. The molecule has 0 heterocycles. The van der Waals surface area contributed by atoms with Gasteiger partial charge in [0, 0.05) is 435 Å². The van der Waals surface area contributed by atoms with Crippen molar-refractivity contribution in [3.8, 4) is 0 Å². The molecule has 0 amide bonds. The van der Waals surface area contributed by atoms with E-state index in [1.54, 1.807) is 12.2 Å². The molecule has 0 saturated heterocycles. The molecular formula is C17H19W2Y13-6. The van der Waals surface area contributed by atoms with Gasteiger partial charge in [-0.05, 0) is 0 Å². The van der Waals surface area contributed by atoms with Crippen LogP contribution in [-0.2, 0) is 467 Å². The Balaban J connectivity index is -0.00000000401. The van der Waals surface area contributed by atoms with Crippen LogP contribution in [0.25, 0.3) is 0 Å². The molecule has 0 atom stereocenters. The normalized spacial score (nSPS) is 4.00. The molecule has 32 heavy (non-hydrogen) atoms. The Hall–Kier alpha value is 13.8. The molecule has 0 rings (SSSR count). The summed E-state index contributed by atoms with van der Waals surface area (Å²) in [7, 11) is 0. The van der Waals surface area contributed by atoms with Crippen molar-refractivity contribution in [2.75, 3.05) is 0 Å². The zero-order valence-electron chi connectivity index (χ0n) is 18.7. The molecule has 0 aromatic carbocycles. The summed E-state index contributed by atoms with van der Waals surface area (Å²) in [6, 6.07) is 0. The van der Waals surface area contributed by atoms with Crippen LogP contribution in [0.2, 0.25) is 0 Å². The predicted molar refractivity (Wildman–Crippen MR) is 76.4 cm³/mol. The summed E-state index contributed by atoms with van der Waals surface area (Å²) in [5.74, 6) is 0. The molecule has 0 aromatic rings. The number of hydrogen-bond donors (Lipinski definition) is 0. The van der Waals surface area contributed by atoms with Crippen LogP contribution in [0.15, 0.2) is 42.5 Å². The molecule has 0 spiro atoms. The van der Waals surface area contributed by atoms with Gasteiger partial charge in [0.05, 0.1) is 0 Å². The molecule has 144 valence electrons. The Bertz CT molecular complexity index is 245. The molecule has 15 heteroatoms. The van der Waals surface area contributed by atoms with E-state index in [4.69, 9.17) is 26.3 Å². The Morgan fingerprint density at radius 2 is 0.656 bits per heavy atom. The van der Waals surface area contributed by atoms with E-state index in [-0.39, 0.29) is 475 Å². The molecule has 0 aliphatic rings. The van der Waals surface area contributed by atoms with Crippen molar-refractivity contribution in [1.82, 2.24) is 0 Å². The van der Waals surface area contributed by atoms with Crippen molar-refractivity contribution >= 4 is 0 Å². The predicted octanol–water partition coefficient (Wildman–Crippen LogP) is 4.26. The average Bonchev–Trinajstić information content (AvgIpc) is 2.30. The second-order valence-electron chi connectivity index (χ2n) is 1.92. The second kappa shape index (κ2) is 152. The van der Waals surface area contributed by atoms with Crippen molar-refractivity contribution in [2.45, 2.75) is 6.42 Å². The van der Waals surface area contributed by atoms with Gasteiger partial charge in [0.15, 0.2) is 0 Å². The summed E-state index contributed by atoms with van der Waals surface area (Å²) in [5, 5.41) is 0. The fraction of sp³-hybridized carbons (Fsp3) is 0.0588. The Morgan fingerprint density at radius 3 is 0.750 bits per heavy atom. The standard InChI is InChI=1S/C9H8.C4H4.C3H4.CH3.2W.13Y/c1-3-5-7-9-8-6-4-2;1-3-4-2;1-3-2;;;;;;;;;;;;;;;;/h1-6H,9H2;1-4H;1,3H,2H2;1H3;;;;;;;;;;;;;;;/q-4;2*-2;-1;;;;;;;;;;;;;;;+3. The van der Waals surface area contributed by atoms with Gasteiger partial charge in [-0.15, -0.1) is 0 Å². The Labute approximate surface area is 558 Å². The van der Waals surface area contributed by atoms with E-state index in [2.05, 4.69) is 25.7 Å². The van der Waals surface area contributed by atoms with Crippen LogP contribution in [-0.4, -0.2) is 0 Å². The maximum absolute atomic E-state index is 5.03. The van der Waals surface area contributed by atoms with Crippen LogP contribution in [0.1, 0.15) is 6.42 Å². The molecule has 12 radical (unpaired) electrons. The van der Waals surface area contributed by atoms with Crippen LogP contribution in [0.5, 0.6) is 0 Å². The summed E-state index contributed by atoms with van der Waals surface area (Å²) in [5.41, 5.74) is 0. The molecule has 0 aliphatic heterocycles. The number of rotatable bonds is 5. The fourth-order valence-corrected chi connectivity index (χ4v) is 0.313. The first-order chi connectivity index (χ1) is 7.74. The maximum Gasteiger partial charge on any atom is 3.00 e. The minimum absolute atomic E-state index is 0. The van der Waals surface area contributed by atoms with Crippen LogP contribution in [0, 0.1) is 59.4 Å². The van der Waals surface area contributed by atoms with Gasteiger partial charge in [0.25, 0.3) is 0 Å². The summed E-state index contributed by atoms with van der Waals surface area (Å²) in [6.07, 6.45) is 16.2. The zero-order valence-corrected chi connectivity index (χ0v) is 61.4. The molecular weight excluding hydrogens is 1730 g/mol. The summed E-state index contributed by atoms with van der Waals surface area (Å²) in [4.78, 5) is 0. The van der Waals surface area contributed by atoms with Crippen LogP contribution in [0.3, 0.4) is 0 Å². The van der Waals surface area contributed by atoms with Gasteiger partial charge in [-0.1, -0.05) is 0 Å². The molecule has 0 bridgehead atoms. The van der Waals surface area contributed by atoms with Gasteiger partial charge >= 0.3 is 32.7 Å². The first-order valence-corrected chi connectivity index (χ1v) is 4.36. The average molecular weight is 1750 g/mol. The van der Waals surface area contributed by atoms with E-state index in [9.17, 15) is 0 Å². The topological polar surface area (TPSA) is 0 Å². The van der Waals surface area contributed by atoms with E-state index >= 15 is 0 Å². The van der Waals surface area contributed by atoms with Gasteiger partial charge in [0.1, 0.15) is 0 Å². The number of hydrogen-bond acceptors (Lipinski definition) is 0. The van der Waals surface area contributed by atoms with Crippen LogP contribution in [0.4, 0.5) is 0 Å². The third-order valence-electron chi connectivity index (χ3n) is 0.743. The quantitative estimate of drug-likeness (QED) is 0.286. The minimum atomic E-state index is 0. The smallest absolute Gasteiger partial charge is 0.549 e. The minimum Gasteiger partial charge on any atom is -0.549 e. The summed E-state index contributed by atoms with van der Waals surface area (Å²) >= 11 is 0. The van der Waals surface area contributed by atoms with E-state index in [0.717, 1.165) is 0 Å². The van der Waals surface area contributed by atoms with Crippen molar-refractivity contribution in [3.63, 3.8) is 0 Å². The van der Waals surface area contributed by atoms with Gasteiger partial charge in [0.2, 0.25) is 0 Å². The van der Waals surface area contributed by atoms with E-state index in [0.29, 0.717) is 6.42 Å². The molecule has 0 unspecified atom stereocenters. The summed E-state index contributed by atoms with van der Waals surface area (Å²) in [6.45, 7) is 27.3. The van der Waals surface area contributed by atoms with Gasteiger partial charge in [-0.2, -0.15) is 0 Å². The van der Waals surface area contributed by atoms with Gasteiger partial charge in [-0.25, -0.2) is 6.42 Å². The van der Waals surface area contributed by atoms with Crippen molar-refractivity contribution in [2.24, 2.45) is 0 Å². The molecule has 0 aromatic heterocycles. The van der Waals surface area contributed by atoms with Crippen LogP contribution >= 0.6 is 0 Å². The monoisotopic (exact) mass is 1750 g/mol. The third kappa shape index (κ3) is 186.